The number of benzene rings is 1. The van der Waals surface area contributed by atoms with Crippen molar-refractivity contribution in [2.45, 2.75) is 38.0 Å². The molecule has 6 nitrogen and oxygen atoms in total. The van der Waals surface area contributed by atoms with Gasteiger partial charge in [-0.05, 0) is 61.7 Å². The lowest BCUT2D eigenvalue weighted by Crippen LogP contribution is -2.32. The Labute approximate surface area is 172 Å². The zero-order valence-electron chi connectivity index (χ0n) is 16.3. The van der Waals surface area contributed by atoms with Crippen LogP contribution in [0.15, 0.2) is 48.8 Å². The third kappa shape index (κ3) is 4.79. The van der Waals surface area contributed by atoms with Gasteiger partial charge in [0.2, 0.25) is 0 Å². The predicted molar refractivity (Wildman–Crippen MR) is 104 cm³/mol. The Balaban J connectivity index is 1.35. The van der Waals surface area contributed by atoms with E-state index in [1.165, 1.54) is 16.9 Å². The molecule has 0 aliphatic carbocycles. The number of halogens is 3. The van der Waals surface area contributed by atoms with E-state index in [1.807, 2.05) is 18.2 Å². The molecule has 1 aliphatic heterocycles. The SMILES string of the molecule is Oc1cccc(C2CCN(Cc3cn(Cc4ncccc4C(F)(F)F)nn3)CC2)c1. The number of aromatic nitrogens is 4. The maximum Gasteiger partial charge on any atom is 0.418 e. The third-order valence-corrected chi connectivity index (χ3v) is 5.41. The minimum atomic E-state index is -4.45. The van der Waals surface area contributed by atoms with Gasteiger partial charge in [0.15, 0.2) is 0 Å². The fourth-order valence-corrected chi connectivity index (χ4v) is 3.90. The molecule has 0 unspecified atom stereocenters. The van der Waals surface area contributed by atoms with Gasteiger partial charge < -0.3 is 5.11 Å². The van der Waals surface area contributed by atoms with Crippen molar-refractivity contribution < 1.29 is 18.3 Å². The molecule has 3 heterocycles. The van der Waals surface area contributed by atoms with Crippen molar-refractivity contribution >= 4 is 0 Å². The van der Waals surface area contributed by atoms with Gasteiger partial charge in [-0.15, -0.1) is 5.10 Å². The highest BCUT2D eigenvalue weighted by Crippen LogP contribution is 2.32. The maximum atomic E-state index is 13.1. The molecule has 1 N–H and O–H groups in total. The minimum Gasteiger partial charge on any atom is -0.508 e. The molecule has 4 rings (SSSR count). The van der Waals surface area contributed by atoms with Crippen molar-refractivity contribution in [3.63, 3.8) is 0 Å². The summed E-state index contributed by atoms with van der Waals surface area (Å²) < 4.78 is 40.8. The monoisotopic (exact) mass is 417 g/mol. The van der Waals surface area contributed by atoms with Crippen molar-refractivity contribution in [2.24, 2.45) is 0 Å². The standard InChI is InChI=1S/C21H22F3N5O/c22-21(23,24)19-5-2-8-25-20(19)14-29-13-17(26-27-29)12-28-9-6-15(7-10-28)16-3-1-4-18(30)11-16/h1-5,8,11,13,15,30H,6-7,9-10,12,14H2. The highest BCUT2D eigenvalue weighted by atomic mass is 19.4. The first kappa shape index (κ1) is 20.3. The summed E-state index contributed by atoms with van der Waals surface area (Å²) in [5.74, 6) is 0.696. The number of phenols is 1. The summed E-state index contributed by atoms with van der Waals surface area (Å²) in [7, 11) is 0. The number of aromatic hydroxyl groups is 1. The van der Waals surface area contributed by atoms with E-state index >= 15 is 0 Å². The fraction of sp³-hybridized carbons (Fsp3) is 0.381. The van der Waals surface area contributed by atoms with Gasteiger partial charge in [0.1, 0.15) is 5.75 Å². The third-order valence-electron chi connectivity index (χ3n) is 5.41. The van der Waals surface area contributed by atoms with Crippen LogP contribution in [0, 0.1) is 0 Å². The Kier molecular flexibility index (Phi) is 5.72. The summed E-state index contributed by atoms with van der Waals surface area (Å²) in [5, 5.41) is 17.8. The maximum absolute atomic E-state index is 13.1. The number of pyridine rings is 1. The second-order valence-corrected chi connectivity index (χ2v) is 7.55. The molecule has 1 aliphatic rings. The topological polar surface area (TPSA) is 67.1 Å². The van der Waals surface area contributed by atoms with Crippen molar-refractivity contribution in [3.8, 4) is 5.75 Å². The van der Waals surface area contributed by atoms with Crippen LogP contribution < -0.4 is 0 Å². The largest absolute Gasteiger partial charge is 0.508 e. The number of hydrogen-bond acceptors (Lipinski definition) is 5. The first-order valence-corrected chi connectivity index (χ1v) is 9.80. The summed E-state index contributed by atoms with van der Waals surface area (Å²) in [6.45, 7) is 2.28. The minimum absolute atomic E-state index is 0.0756. The molecule has 0 saturated carbocycles. The lowest BCUT2D eigenvalue weighted by atomic mass is 9.89. The van der Waals surface area contributed by atoms with E-state index < -0.39 is 11.7 Å². The van der Waals surface area contributed by atoms with Crippen LogP contribution in [-0.4, -0.2) is 43.1 Å². The number of nitrogens with zero attached hydrogens (tertiary/aromatic N) is 5. The average molecular weight is 417 g/mol. The van der Waals surface area contributed by atoms with Gasteiger partial charge in [-0.2, -0.15) is 13.2 Å². The first-order valence-electron chi connectivity index (χ1n) is 9.80. The van der Waals surface area contributed by atoms with E-state index in [1.54, 1.807) is 12.3 Å². The molecule has 0 spiro atoms. The summed E-state index contributed by atoms with van der Waals surface area (Å²) in [4.78, 5) is 6.13. The van der Waals surface area contributed by atoms with E-state index in [0.717, 1.165) is 43.3 Å². The molecule has 0 atom stereocenters. The van der Waals surface area contributed by atoms with Crippen molar-refractivity contribution in [2.75, 3.05) is 13.1 Å². The first-order chi connectivity index (χ1) is 14.4. The molecule has 2 aromatic heterocycles. The van der Waals surface area contributed by atoms with Gasteiger partial charge in [-0.1, -0.05) is 17.3 Å². The van der Waals surface area contributed by atoms with Crippen LogP contribution in [0.5, 0.6) is 5.75 Å². The molecule has 30 heavy (non-hydrogen) atoms. The van der Waals surface area contributed by atoms with Crippen LogP contribution in [0.4, 0.5) is 13.2 Å². The molecule has 3 aromatic rings. The number of piperidine rings is 1. The van der Waals surface area contributed by atoms with Crippen LogP contribution in [0.1, 0.15) is 41.3 Å². The van der Waals surface area contributed by atoms with Gasteiger partial charge in [0.25, 0.3) is 0 Å². The number of hydrogen-bond donors (Lipinski definition) is 1. The van der Waals surface area contributed by atoms with Crippen LogP contribution in [0.3, 0.4) is 0 Å². The van der Waals surface area contributed by atoms with Crippen LogP contribution in [0.25, 0.3) is 0 Å². The van der Waals surface area contributed by atoms with E-state index in [0.29, 0.717) is 12.5 Å². The number of alkyl halides is 3. The molecule has 0 amide bonds. The Morgan fingerprint density at radius 1 is 1.07 bits per heavy atom. The van der Waals surface area contributed by atoms with Gasteiger partial charge >= 0.3 is 6.18 Å². The molecule has 0 radical (unpaired) electrons. The Hall–Kier alpha value is -2.94. The lowest BCUT2D eigenvalue weighted by molar-refractivity contribution is -0.138. The van der Waals surface area contributed by atoms with E-state index in [9.17, 15) is 18.3 Å². The lowest BCUT2D eigenvalue weighted by Gasteiger charge is -2.31. The summed E-state index contributed by atoms with van der Waals surface area (Å²) in [5.41, 5.74) is 1.04. The van der Waals surface area contributed by atoms with Crippen molar-refractivity contribution in [3.05, 3.63) is 71.3 Å². The van der Waals surface area contributed by atoms with Crippen LogP contribution >= 0.6 is 0 Å². The molecular formula is C21H22F3N5O. The molecule has 0 bridgehead atoms. The summed E-state index contributed by atoms with van der Waals surface area (Å²) in [6.07, 6.45) is 0.517. The second kappa shape index (κ2) is 8.43. The van der Waals surface area contributed by atoms with Crippen LogP contribution in [0.2, 0.25) is 0 Å². The van der Waals surface area contributed by atoms with Gasteiger partial charge in [0.05, 0.1) is 29.7 Å². The van der Waals surface area contributed by atoms with Crippen molar-refractivity contribution in [1.82, 2.24) is 24.9 Å². The molecule has 158 valence electrons. The quantitative estimate of drug-likeness (QED) is 0.684. The Morgan fingerprint density at radius 2 is 1.87 bits per heavy atom. The van der Waals surface area contributed by atoms with Crippen molar-refractivity contribution in [1.29, 1.82) is 0 Å². The predicted octanol–water partition coefficient (Wildman–Crippen LogP) is 3.83. The summed E-state index contributed by atoms with van der Waals surface area (Å²) >= 11 is 0. The zero-order chi connectivity index (χ0) is 21.1. The van der Waals surface area contributed by atoms with Gasteiger partial charge in [0, 0.05) is 12.7 Å². The van der Waals surface area contributed by atoms with E-state index in [4.69, 9.17) is 0 Å². The fourth-order valence-electron chi connectivity index (χ4n) is 3.90. The second-order valence-electron chi connectivity index (χ2n) is 7.55. The highest BCUT2D eigenvalue weighted by Gasteiger charge is 2.34. The molecule has 1 aromatic carbocycles. The number of rotatable bonds is 5. The molecule has 1 fully saturated rings. The smallest absolute Gasteiger partial charge is 0.418 e. The number of phenolic OH excluding ortho intramolecular Hbond substituents is 1. The molecular weight excluding hydrogens is 395 g/mol. The highest BCUT2D eigenvalue weighted by molar-refractivity contribution is 5.30. The van der Waals surface area contributed by atoms with E-state index in [2.05, 4.69) is 20.2 Å². The summed E-state index contributed by atoms with van der Waals surface area (Å²) in [6, 6.07) is 9.69. The Bertz CT molecular complexity index is 996. The van der Waals surface area contributed by atoms with Crippen LogP contribution in [-0.2, 0) is 19.3 Å². The molecule has 9 heteroatoms. The van der Waals surface area contributed by atoms with Gasteiger partial charge in [-0.3, -0.25) is 9.88 Å². The van der Waals surface area contributed by atoms with E-state index in [-0.39, 0.29) is 18.0 Å². The normalized spacial score (nSPS) is 16.1. The average Bonchev–Trinajstić information content (AvgIpc) is 3.15. The molecule has 1 saturated heterocycles. The Morgan fingerprint density at radius 3 is 2.60 bits per heavy atom. The zero-order valence-corrected chi connectivity index (χ0v) is 16.3. The van der Waals surface area contributed by atoms with Gasteiger partial charge in [-0.25, -0.2) is 4.68 Å². The number of likely N-dealkylation sites (tertiary alicyclic amines) is 1.